The van der Waals surface area contributed by atoms with Gasteiger partial charge in [-0.25, -0.2) is 0 Å². The van der Waals surface area contributed by atoms with Crippen LogP contribution in [0.4, 0.5) is 0 Å². The summed E-state index contributed by atoms with van der Waals surface area (Å²) >= 11 is 0. The van der Waals surface area contributed by atoms with Crippen molar-refractivity contribution in [3.8, 4) is 5.75 Å². The van der Waals surface area contributed by atoms with Crippen LogP contribution >= 0.6 is 0 Å². The molecule has 0 saturated carbocycles. The van der Waals surface area contributed by atoms with Crippen LogP contribution in [0.2, 0.25) is 0 Å². The zero-order valence-corrected chi connectivity index (χ0v) is 11.2. The Kier molecular flexibility index (Phi) is 3.57. The van der Waals surface area contributed by atoms with Crippen LogP contribution in [0, 0.1) is 6.92 Å². The van der Waals surface area contributed by atoms with E-state index in [1.54, 1.807) is 7.11 Å². The molecular formula is C14H20N2O2. The van der Waals surface area contributed by atoms with Gasteiger partial charge in [0.05, 0.1) is 18.2 Å². The number of aryl methyl sites for hydroxylation is 1. The van der Waals surface area contributed by atoms with Gasteiger partial charge in [-0.2, -0.15) is 0 Å². The van der Waals surface area contributed by atoms with Crippen LogP contribution in [0.1, 0.15) is 29.3 Å². The van der Waals surface area contributed by atoms with Gasteiger partial charge >= 0.3 is 0 Å². The maximum absolute atomic E-state index is 12.3. The molecule has 98 valence electrons. The summed E-state index contributed by atoms with van der Waals surface area (Å²) in [7, 11) is 1.58. The number of amides is 1. The lowest BCUT2D eigenvalue weighted by Crippen LogP contribution is -2.47. The van der Waals surface area contributed by atoms with Gasteiger partial charge in [-0.05, 0) is 38.9 Å². The number of hydrogen-bond donors (Lipinski definition) is 2. The number of carbonyl (C=O) groups is 1. The van der Waals surface area contributed by atoms with Crippen molar-refractivity contribution in [2.24, 2.45) is 0 Å². The lowest BCUT2D eigenvalue weighted by molar-refractivity contribution is 0.0910. The summed E-state index contributed by atoms with van der Waals surface area (Å²) in [6.07, 6.45) is 0.951. The molecule has 1 aromatic carbocycles. The Morgan fingerprint density at radius 2 is 2.28 bits per heavy atom. The molecule has 2 rings (SSSR count). The first kappa shape index (κ1) is 12.9. The van der Waals surface area contributed by atoms with Crippen molar-refractivity contribution < 1.29 is 9.53 Å². The minimum atomic E-state index is -0.161. The van der Waals surface area contributed by atoms with E-state index in [4.69, 9.17) is 4.74 Å². The summed E-state index contributed by atoms with van der Waals surface area (Å²) < 4.78 is 5.24. The van der Waals surface area contributed by atoms with Gasteiger partial charge in [0.1, 0.15) is 5.75 Å². The van der Waals surface area contributed by atoms with Crippen molar-refractivity contribution in [3.63, 3.8) is 0 Å². The quantitative estimate of drug-likeness (QED) is 0.852. The van der Waals surface area contributed by atoms with Gasteiger partial charge in [0.15, 0.2) is 0 Å². The third kappa shape index (κ3) is 2.64. The van der Waals surface area contributed by atoms with Crippen molar-refractivity contribution in [3.05, 3.63) is 29.3 Å². The molecule has 1 fully saturated rings. The Hall–Kier alpha value is -1.55. The second kappa shape index (κ2) is 4.98. The van der Waals surface area contributed by atoms with E-state index in [0.717, 1.165) is 25.1 Å². The van der Waals surface area contributed by atoms with Crippen LogP contribution in [0.3, 0.4) is 0 Å². The Balaban J connectivity index is 2.20. The molecule has 1 aromatic rings. The number of carbonyl (C=O) groups excluding carboxylic acids is 1. The van der Waals surface area contributed by atoms with Gasteiger partial charge in [0, 0.05) is 6.54 Å². The lowest BCUT2D eigenvalue weighted by Gasteiger charge is -2.25. The average Bonchev–Trinajstić information content (AvgIpc) is 2.75. The molecule has 1 saturated heterocycles. The van der Waals surface area contributed by atoms with Crippen LogP contribution in [0.15, 0.2) is 18.2 Å². The summed E-state index contributed by atoms with van der Waals surface area (Å²) in [5, 5.41) is 6.36. The fourth-order valence-corrected chi connectivity index (χ4v) is 2.26. The van der Waals surface area contributed by atoms with Crippen LogP contribution in [-0.4, -0.2) is 31.6 Å². The number of nitrogens with one attached hydrogen (secondary N) is 2. The van der Waals surface area contributed by atoms with Gasteiger partial charge in [-0.1, -0.05) is 11.6 Å². The first-order chi connectivity index (χ1) is 8.54. The van der Waals surface area contributed by atoms with Crippen molar-refractivity contribution >= 4 is 5.91 Å². The van der Waals surface area contributed by atoms with Crippen LogP contribution in [0.5, 0.6) is 5.75 Å². The van der Waals surface area contributed by atoms with E-state index in [9.17, 15) is 4.79 Å². The maximum atomic E-state index is 12.3. The third-order valence-corrected chi connectivity index (χ3v) is 3.38. The molecule has 1 amide bonds. The Labute approximate surface area is 108 Å². The molecule has 4 heteroatoms. The van der Waals surface area contributed by atoms with Gasteiger partial charge in [0.25, 0.3) is 5.91 Å². The molecule has 0 bridgehead atoms. The zero-order valence-electron chi connectivity index (χ0n) is 11.2. The highest BCUT2D eigenvalue weighted by Crippen LogP contribution is 2.21. The average molecular weight is 248 g/mol. The van der Waals surface area contributed by atoms with Gasteiger partial charge < -0.3 is 15.4 Å². The Bertz CT molecular complexity index is 451. The fraction of sp³-hybridized carbons (Fsp3) is 0.500. The number of benzene rings is 1. The van der Waals surface area contributed by atoms with Crippen molar-refractivity contribution in [2.75, 3.05) is 20.2 Å². The Morgan fingerprint density at radius 1 is 1.50 bits per heavy atom. The highest BCUT2D eigenvalue weighted by molar-refractivity contribution is 5.97. The largest absolute Gasteiger partial charge is 0.496 e. The predicted molar refractivity (Wildman–Crippen MR) is 71.1 cm³/mol. The smallest absolute Gasteiger partial charge is 0.255 e. The van der Waals surface area contributed by atoms with Crippen molar-refractivity contribution in [2.45, 2.75) is 25.8 Å². The second-order valence-corrected chi connectivity index (χ2v) is 5.15. The normalized spacial score (nSPS) is 22.8. The van der Waals surface area contributed by atoms with E-state index in [-0.39, 0.29) is 11.4 Å². The summed E-state index contributed by atoms with van der Waals surface area (Å²) in [5.41, 5.74) is 1.49. The minimum absolute atomic E-state index is 0.0678. The predicted octanol–water partition coefficient (Wildman–Crippen LogP) is 1.49. The first-order valence-electron chi connectivity index (χ1n) is 6.22. The maximum Gasteiger partial charge on any atom is 0.255 e. The van der Waals surface area contributed by atoms with Crippen LogP contribution in [-0.2, 0) is 0 Å². The molecule has 1 aliphatic rings. The standard InChI is InChI=1S/C14H20N2O2/c1-10-4-5-12(18-3)11(8-10)13(17)16-14(2)6-7-15-9-14/h4-5,8,15H,6-7,9H2,1-3H3,(H,16,17). The van der Waals surface area contributed by atoms with Crippen LogP contribution < -0.4 is 15.4 Å². The molecular weight excluding hydrogens is 228 g/mol. The van der Waals surface area contributed by atoms with Crippen molar-refractivity contribution in [1.82, 2.24) is 10.6 Å². The summed E-state index contributed by atoms with van der Waals surface area (Å²) in [5.74, 6) is 0.550. The number of rotatable bonds is 3. The van der Waals surface area contributed by atoms with E-state index in [1.165, 1.54) is 0 Å². The van der Waals surface area contributed by atoms with E-state index >= 15 is 0 Å². The monoisotopic (exact) mass is 248 g/mol. The van der Waals surface area contributed by atoms with E-state index < -0.39 is 0 Å². The highest BCUT2D eigenvalue weighted by Gasteiger charge is 2.31. The zero-order chi connectivity index (χ0) is 13.2. The number of hydrogen-bond acceptors (Lipinski definition) is 3. The van der Waals surface area contributed by atoms with Gasteiger partial charge in [0.2, 0.25) is 0 Å². The summed E-state index contributed by atoms with van der Waals surface area (Å²) in [6.45, 7) is 5.79. The Morgan fingerprint density at radius 3 is 2.89 bits per heavy atom. The molecule has 1 aliphatic heterocycles. The topological polar surface area (TPSA) is 50.4 Å². The molecule has 0 spiro atoms. The first-order valence-corrected chi connectivity index (χ1v) is 6.22. The lowest BCUT2D eigenvalue weighted by atomic mass is 10.0. The fourth-order valence-electron chi connectivity index (χ4n) is 2.26. The van der Waals surface area contributed by atoms with Crippen LogP contribution in [0.25, 0.3) is 0 Å². The molecule has 2 N–H and O–H groups in total. The SMILES string of the molecule is COc1ccc(C)cc1C(=O)NC1(C)CCNC1. The highest BCUT2D eigenvalue weighted by atomic mass is 16.5. The molecule has 0 aromatic heterocycles. The van der Waals surface area contributed by atoms with E-state index in [1.807, 2.05) is 25.1 Å². The molecule has 1 heterocycles. The summed E-state index contributed by atoms with van der Waals surface area (Å²) in [4.78, 5) is 12.3. The number of ether oxygens (including phenoxy) is 1. The third-order valence-electron chi connectivity index (χ3n) is 3.38. The second-order valence-electron chi connectivity index (χ2n) is 5.15. The minimum Gasteiger partial charge on any atom is -0.496 e. The molecule has 0 radical (unpaired) electrons. The molecule has 4 nitrogen and oxygen atoms in total. The van der Waals surface area contributed by atoms with E-state index in [2.05, 4.69) is 17.6 Å². The molecule has 0 aliphatic carbocycles. The van der Waals surface area contributed by atoms with Crippen molar-refractivity contribution in [1.29, 1.82) is 0 Å². The van der Waals surface area contributed by atoms with E-state index in [0.29, 0.717) is 11.3 Å². The van der Waals surface area contributed by atoms with Gasteiger partial charge in [-0.3, -0.25) is 4.79 Å². The van der Waals surface area contributed by atoms with Gasteiger partial charge in [-0.15, -0.1) is 0 Å². The molecule has 1 atom stereocenters. The number of methoxy groups -OCH3 is 1. The molecule has 18 heavy (non-hydrogen) atoms. The molecule has 1 unspecified atom stereocenters. The summed E-state index contributed by atoms with van der Waals surface area (Å²) in [6, 6.07) is 5.63.